The monoisotopic (exact) mass is 262 g/mol. The molecule has 0 bridgehead atoms. The Labute approximate surface area is 107 Å². The van der Waals surface area contributed by atoms with Gasteiger partial charge in [0.1, 0.15) is 16.2 Å². The number of aromatic nitrogens is 1. The van der Waals surface area contributed by atoms with Crippen molar-refractivity contribution >= 4 is 39.1 Å². The quantitative estimate of drug-likeness (QED) is 0.629. The maximum atomic E-state index is 11.0. The number of thiazole rings is 1. The minimum Gasteiger partial charge on any atom is -0.300 e. The Kier molecular flexibility index (Phi) is 3.46. The molecular formula is C12H10N2OS2. The third kappa shape index (κ3) is 2.65. The van der Waals surface area contributed by atoms with Crippen molar-refractivity contribution in [2.45, 2.75) is 25.2 Å². The van der Waals surface area contributed by atoms with E-state index in [0.717, 1.165) is 37.4 Å². The molecule has 1 heterocycles. The van der Waals surface area contributed by atoms with Crippen molar-refractivity contribution in [1.82, 2.24) is 4.98 Å². The molecule has 5 heteroatoms. The van der Waals surface area contributed by atoms with Gasteiger partial charge in [-0.15, -0.1) is 11.3 Å². The summed E-state index contributed by atoms with van der Waals surface area (Å²) in [6, 6.07) is 3.94. The Bertz CT molecular complexity index is 625. The lowest BCUT2D eigenvalue weighted by Crippen LogP contribution is -1.94. The molecule has 86 valence electrons. The van der Waals surface area contributed by atoms with Gasteiger partial charge in [-0.2, -0.15) is 5.26 Å². The standard InChI is InChI=1S/C12H10N2OS2/c1-7-3-9-11(5-10(7)16-6-13)17-12(14-9)4-8(2)15/h3,5H,4H2,1-2H3. The fourth-order valence-electron chi connectivity index (χ4n) is 1.56. The zero-order chi connectivity index (χ0) is 12.4. The predicted molar refractivity (Wildman–Crippen MR) is 70.2 cm³/mol. The highest BCUT2D eigenvalue weighted by Gasteiger charge is 2.09. The lowest BCUT2D eigenvalue weighted by Gasteiger charge is -1.98. The normalized spacial score (nSPS) is 10.4. The van der Waals surface area contributed by atoms with E-state index < -0.39 is 0 Å². The van der Waals surface area contributed by atoms with E-state index in [1.165, 1.54) is 11.3 Å². The molecule has 0 aliphatic carbocycles. The SMILES string of the molecule is CC(=O)Cc1nc2cc(C)c(SC#N)cc2s1. The molecule has 0 N–H and O–H groups in total. The lowest BCUT2D eigenvalue weighted by atomic mass is 10.2. The number of benzene rings is 1. The summed E-state index contributed by atoms with van der Waals surface area (Å²) >= 11 is 2.68. The number of ketones is 1. The van der Waals surface area contributed by atoms with E-state index in [1.54, 1.807) is 6.92 Å². The third-order valence-corrected chi connectivity index (χ3v) is 4.05. The maximum Gasteiger partial charge on any atom is 0.138 e. The molecule has 0 saturated carbocycles. The number of nitrogens with zero attached hydrogens (tertiary/aromatic N) is 2. The summed E-state index contributed by atoms with van der Waals surface area (Å²) in [5.74, 6) is 0.118. The molecule has 2 aromatic rings. The van der Waals surface area contributed by atoms with Crippen LogP contribution >= 0.6 is 23.1 Å². The number of thioether (sulfide) groups is 1. The van der Waals surface area contributed by atoms with Crippen LogP contribution in [-0.2, 0) is 11.2 Å². The zero-order valence-corrected chi connectivity index (χ0v) is 11.1. The second-order valence-electron chi connectivity index (χ2n) is 3.77. The van der Waals surface area contributed by atoms with E-state index in [2.05, 4.69) is 10.4 Å². The van der Waals surface area contributed by atoms with Gasteiger partial charge in [-0.25, -0.2) is 4.98 Å². The lowest BCUT2D eigenvalue weighted by molar-refractivity contribution is -0.116. The Hall–Kier alpha value is -1.38. The number of hydrogen-bond donors (Lipinski definition) is 0. The van der Waals surface area contributed by atoms with Crippen LogP contribution in [-0.4, -0.2) is 10.8 Å². The fourth-order valence-corrected chi connectivity index (χ4v) is 3.18. The van der Waals surface area contributed by atoms with E-state index >= 15 is 0 Å². The smallest absolute Gasteiger partial charge is 0.138 e. The Morgan fingerprint density at radius 1 is 1.59 bits per heavy atom. The van der Waals surface area contributed by atoms with Crippen LogP contribution in [0.2, 0.25) is 0 Å². The Balaban J connectivity index is 2.47. The number of carbonyl (C=O) groups excluding carboxylic acids is 1. The van der Waals surface area contributed by atoms with Gasteiger partial charge in [0.15, 0.2) is 0 Å². The van der Waals surface area contributed by atoms with E-state index in [-0.39, 0.29) is 5.78 Å². The van der Waals surface area contributed by atoms with E-state index in [9.17, 15) is 4.79 Å². The van der Waals surface area contributed by atoms with Crippen LogP contribution in [0.25, 0.3) is 10.2 Å². The van der Waals surface area contributed by atoms with Gasteiger partial charge in [0.05, 0.1) is 16.6 Å². The van der Waals surface area contributed by atoms with Gasteiger partial charge < -0.3 is 0 Å². The molecule has 1 aromatic heterocycles. The summed E-state index contributed by atoms with van der Waals surface area (Å²) in [5, 5.41) is 11.6. The summed E-state index contributed by atoms with van der Waals surface area (Å²) in [7, 11) is 0. The Morgan fingerprint density at radius 2 is 2.35 bits per heavy atom. The first-order valence-electron chi connectivity index (χ1n) is 5.05. The highest BCUT2D eigenvalue weighted by molar-refractivity contribution is 8.03. The number of aryl methyl sites for hydroxylation is 1. The molecule has 0 radical (unpaired) electrons. The first-order chi connectivity index (χ1) is 8.10. The van der Waals surface area contributed by atoms with Gasteiger partial charge >= 0.3 is 0 Å². The van der Waals surface area contributed by atoms with Gasteiger partial charge in [-0.3, -0.25) is 4.79 Å². The predicted octanol–water partition coefficient (Wildman–Crippen LogP) is 3.31. The summed E-state index contributed by atoms with van der Waals surface area (Å²) in [6.45, 7) is 3.53. The number of hydrogen-bond acceptors (Lipinski definition) is 5. The van der Waals surface area contributed by atoms with Crippen LogP contribution in [0.4, 0.5) is 0 Å². The van der Waals surface area contributed by atoms with Crippen molar-refractivity contribution in [2.24, 2.45) is 0 Å². The highest BCUT2D eigenvalue weighted by atomic mass is 32.2. The molecule has 0 spiro atoms. The third-order valence-electron chi connectivity index (χ3n) is 2.29. The van der Waals surface area contributed by atoms with Crippen molar-refractivity contribution < 1.29 is 4.79 Å². The molecule has 0 aliphatic rings. The summed E-state index contributed by atoms with van der Waals surface area (Å²) in [6.07, 6.45) is 0.388. The maximum absolute atomic E-state index is 11.0. The molecular weight excluding hydrogens is 252 g/mol. The van der Waals surface area contributed by atoms with Gasteiger partial charge in [0.2, 0.25) is 0 Å². The minimum absolute atomic E-state index is 0.118. The van der Waals surface area contributed by atoms with Gasteiger partial charge in [-0.1, -0.05) is 0 Å². The number of carbonyl (C=O) groups is 1. The molecule has 0 unspecified atom stereocenters. The molecule has 0 amide bonds. The average molecular weight is 262 g/mol. The van der Waals surface area contributed by atoms with Crippen molar-refractivity contribution in [3.05, 3.63) is 22.7 Å². The molecule has 3 nitrogen and oxygen atoms in total. The molecule has 17 heavy (non-hydrogen) atoms. The van der Waals surface area contributed by atoms with Gasteiger partial charge in [0, 0.05) is 4.90 Å². The van der Waals surface area contributed by atoms with E-state index in [1.807, 2.05) is 19.1 Å². The molecule has 0 atom stereocenters. The molecule has 0 aliphatic heterocycles. The average Bonchev–Trinajstić information content (AvgIpc) is 2.59. The van der Waals surface area contributed by atoms with Crippen molar-refractivity contribution in [2.75, 3.05) is 0 Å². The first-order valence-corrected chi connectivity index (χ1v) is 6.69. The summed E-state index contributed by atoms with van der Waals surface area (Å²) in [5.41, 5.74) is 1.95. The molecule has 0 saturated heterocycles. The fraction of sp³-hybridized carbons (Fsp3) is 0.250. The van der Waals surface area contributed by atoms with Crippen molar-refractivity contribution in [1.29, 1.82) is 5.26 Å². The van der Waals surface area contributed by atoms with Crippen LogP contribution < -0.4 is 0 Å². The molecule has 1 aromatic carbocycles. The van der Waals surface area contributed by atoms with E-state index in [0.29, 0.717) is 6.42 Å². The van der Waals surface area contributed by atoms with Gasteiger partial charge in [0.25, 0.3) is 0 Å². The highest BCUT2D eigenvalue weighted by Crippen LogP contribution is 2.30. The van der Waals surface area contributed by atoms with Crippen molar-refractivity contribution in [3.8, 4) is 5.40 Å². The van der Waals surface area contributed by atoms with Crippen LogP contribution in [0.1, 0.15) is 17.5 Å². The second kappa shape index (κ2) is 4.86. The van der Waals surface area contributed by atoms with E-state index in [4.69, 9.17) is 5.26 Å². The number of nitriles is 1. The van der Waals surface area contributed by atoms with Crippen LogP contribution in [0.15, 0.2) is 17.0 Å². The van der Waals surface area contributed by atoms with Crippen LogP contribution in [0, 0.1) is 17.6 Å². The molecule has 2 rings (SSSR count). The number of fused-ring (bicyclic) bond motifs is 1. The van der Waals surface area contributed by atoms with Gasteiger partial charge in [-0.05, 0) is 43.3 Å². The summed E-state index contributed by atoms with van der Waals surface area (Å²) in [4.78, 5) is 16.4. The van der Waals surface area contributed by atoms with Crippen LogP contribution in [0.3, 0.4) is 0 Å². The van der Waals surface area contributed by atoms with Crippen LogP contribution in [0.5, 0.6) is 0 Å². The summed E-state index contributed by atoms with van der Waals surface area (Å²) < 4.78 is 1.03. The zero-order valence-electron chi connectivity index (χ0n) is 9.48. The minimum atomic E-state index is 0.118. The largest absolute Gasteiger partial charge is 0.300 e. The van der Waals surface area contributed by atoms with Crippen molar-refractivity contribution in [3.63, 3.8) is 0 Å². The number of rotatable bonds is 3. The number of Topliss-reactive ketones (excluding diaryl/α,β-unsaturated/α-hetero) is 1. The second-order valence-corrected chi connectivity index (χ2v) is 5.71. The first kappa shape index (κ1) is 12.1. The Morgan fingerprint density at radius 3 is 3.00 bits per heavy atom. The topological polar surface area (TPSA) is 53.8 Å². The molecule has 0 fully saturated rings. The number of thiocyanates is 1.